The molecule has 1 aromatic carbocycles. The molecule has 1 N–H and O–H groups in total. The quantitative estimate of drug-likeness (QED) is 0.717. The molecule has 28 heavy (non-hydrogen) atoms. The third kappa shape index (κ3) is 5.20. The second-order valence-electron chi connectivity index (χ2n) is 6.29. The summed E-state index contributed by atoms with van der Waals surface area (Å²) in [4.78, 5) is 30.9. The monoisotopic (exact) mass is 426 g/mol. The Kier molecular flexibility index (Phi) is 6.62. The number of amides is 2. The summed E-state index contributed by atoms with van der Waals surface area (Å²) < 4.78 is 32.8. The Morgan fingerprint density at radius 1 is 1.11 bits per heavy atom. The average Bonchev–Trinajstić information content (AvgIpc) is 2.98. The van der Waals surface area contributed by atoms with Crippen LogP contribution < -0.4 is 9.46 Å². The molecule has 0 unspecified atom stereocenters. The first-order chi connectivity index (χ1) is 13.0. The number of anilines is 1. The SMILES string of the molecule is Cc1nc(NS(=O)(=O)c2ccc(OCC(=O)N(C)C)cc2)sc1C(=O)N(C)C. The fourth-order valence-corrected chi connectivity index (χ4v) is 4.23. The van der Waals surface area contributed by atoms with Gasteiger partial charge >= 0.3 is 0 Å². The van der Waals surface area contributed by atoms with Gasteiger partial charge in [-0.15, -0.1) is 0 Å². The highest BCUT2D eigenvalue weighted by molar-refractivity contribution is 7.93. The third-order valence-electron chi connectivity index (χ3n) is 3.61. The average molecular weight is 427 g/mol. The molecule has 0 bridgehead atoms. The molecule has 0 fully saturated rings. The normalized spacial score (nSPS) is 11.0. The minimum absolute atomic E-state index is 0.00660. The largest absolute Gasteiger partial charge is 0.484 e. The van der Waals surface area contributed by atoms with Crippen LogP contribution in [-0.2, 0) is 14.8 Å². The number of rotatable bonds is 7. The Balaban J connectivity index is 2.12. The first-order valence-electron chi connectivity index (χ1n) is 8.16. The van der Waals surface area contributed by atoms with Crippen molar-refractivity contribution in [3.05, 3.63) is 34.8 Å². The van der Waals surface area contributed by atoms with Gasteiger partial charge in [-0.3, -0.25) is 14.3 Å². The lowest BCUT2D eigenvalue weighted by Gasteiger charge is -2.11. The zero-order valence-corrected chi connectivity index (χ0v) is 17.8. The Morgan fingerprint density at radius 3 is 2.25 bits per heavy atom. The summed E-state index contributed by atoms with van der Waals surface area (Å²) in [5.41, 5.74) is 0.454. The third-order valence-corrected chi connectivity index (χ3v) is 6.16. The van der Waals surface area contributed by atoms with Gasteiger partial charge in [0, 0.05) is 28.2 Å². The topological polar surface area (TPSA) is 109 Å². The number of carbonyl (C=O) groups excluding carboxylic acids is 2. The smallest absolute Gasteiger partial charge is 0.265 e. The minimum Gasteiger partial charge on any atom is -0.484 e. The van der Waals surface area contributed by atoms with Gasteiger partial charge < -0.3 is 14.5 Å². The van der Waals surface area contributed by atoms with E-state index in [9.17, 15) is 18.0 Å². The molecule has 11 heteroatoms. The fourth-order valence-electron chi connectivity index (χ4n) is 2.00. The van der Waals surface area contributed by atoms with Gasteiger partial charge in [0.2, 0.25) is 0 Å². The van der Waals surface area contributed by atoms with Crippen molar-refractivity contribution in [2.24, 2.45) is 0 Å². The van der Waals surface area contributed by atoms with E-state index in [-0.39, 0.29) is 28.4 Å². The van der Waals surface area contributed by atoms with E-state index in [4.69, 9.17) is 4.74 Å². The van der Waals surface area contributed by atoms with Gasteiger partial charge in [0.15, 0.2) is 11.7 Å². The van der Waals surface area contributed by atoms with E-state index >= 15 is 0 Å². The van der Waals surface area contributed by atoms with Crippen molar-refractivity contribution in [1.29, 1.82) is 0 Å². The molecule has 152 valence electrons. The molecule has 0 radical (unpaired) electrons. The first kappa shape index (κ1) is 21.6. The van der Waals surface area contributed by atoms with Crippen LogP contribution in [0.1, 0.15) is 15.4 Å². The second-order valence-corrected chi connectivity index (χ2v) is 8.97. The predicted octanol–water partition coefficient (Wildman–Crippen LogP) is 1.42. The lowest BCUT2D eigenvalue weighted by molar-refractivity contribution is -0.130. The summed E-state index contributed by atoms with van der Waals surface area (Å²) in [5.74, 6) is -0.0760. The van der Waals surface area contributed by atoms with Crippen LogP contribution in [0.2, 0.25) is 0 Å². The predicted molar refractivity (Wildman–Crippen MR) is 106 cm³/mol. The minimum atomic E-state index is -3.88. The number of ether oxygens (including phenoxy) is 1. The maximum absolute atomic E-state index is 12.6. The van der Waals surface area contributed by atoms with Crippen molar-refractivity contribution >= 4 is 38.3 Å². The fraction of sp³-hybridized carbons (Fsp3) is 0.353. The van der Waals surface area contributed by atoms with E-state index in [0.717, 1.165) is 11.3 Å². The van der Waals surface area contributed by atoms with Crippen LogP contribution in [0.15, 0.2) is 29.2 Å². The molecule has 0 spiro atoms. The molecular weight excluding hydrogens is 404 g/mol. The Bertz CT molecular complexity index is 966. The van der Waals surface area contributed by atoms with Crippen LogP contribution in [0.4, 0.5) is 5.13 Å². The summed E-state index contributed by atoms with van der Waals surface area (Å²) in [6, 6.07) is 5.66. The molecule has 2 aromatic rings. The van der Waals surface area contributed by atoms with Crippen molar-refractivity contribution in [2.75, 3.05) is 39.5 Å². The highest BCUT2D eigenvalue weighted by atomic mass is 32.2. The number of nitrogens with zero attached hydrogens (tertiary/aromatic N) is 3. The molecule has 1 aromatic heterocycles. The number of thiazole rings is 1. The van der Waals surface area contributed by atoms with Crippen molar-refractivity contribution < 1.29 is 22.7 Å². The molecule has 0 saturated heterocycles. The second kappa shape index (κ2) is 8.57. The van der Waals surface area contributed by atoms with Crippen LogP contribution in [-0.4, -0.2) is 69.8 Å². The van der Waals surface area contributed by atoms with E-state index in [1.807, 2.05) is 0 Å². The molecule has 0 aliphatic carbocycles. The van der Waals surface area contributed by atoms with Crippen LogP contribution in [0.5, 0.6) is 5.75 Å². The highest BCUT2D eigenvalue weighted by Gasteiger charge is 2.21. The molecule has 0 saturated carbocycles. The van der Waals surface area contributed by atoms with E-state index < -0.39 is 10.0 Å². The van der Waals surface area contributed by atoms with Crippen LogP contribution in [0.3, 0.4) is 0 Å². The standard InChI is InChI=1S/C17H22N4O5S2/c1-11-15(16(23)21(4)5)27-17(18-11)19-28(24,25)13-8-6-12(7-9-13)26-10-14(22)20(2)3/h6-9H,10H2,1-5H3,(H,18,19). The van der Waals surface area contributed by atoms with Crippen molar-refractivity contribution in [1.82, 2.24) is 14.8 Å². The first-order valence-corrected chi connectivity index (χ1v) is 10.5. The van der Waals surface area contributed by atoms with Crippen LogP contribution >= 0.6 is 11.3 Å². The summed E-state index contributed by atoms with van der Waals surface area (Å²) in [6.07, 6.45) is 0. The highest BCUT2D eigenvalue weighted by Crippen LogP contribution is 2.26. The summed E-state index contributed by atoms with van der Waals surface area (Å²) >= 11 is 0.975. The van der Waals surface area contributed by atoms with Crippen molar-refractivity contribution in [2.45, 2.75) is 11.8 Å². The van der Waals surface area contributed by atoms with Gasteiger partial charge in [0.1, 0.15) is 10.6 Å². The zero-order chi connectivity index (χ0) is 21.1. The Morgan fingerprint density at radius 2 is 1.71 bits per heavy atom. The number of benzene rings is 1. The molecule has 0 atom stereocenters. The molecule has 0 aliphatic heterocycles. The van der Waals surface area contributed by atoms with Crippen LogP contribution in [0.25, 0.3) is 0 Å². The van der Waals surface area contributed by atoms with Crippen LogP contribution in [0, 0.1) is 6.92 Å². The van der Waals surface area contributed by atoms with E-state index in [1.54, 1.807) is 35.1 Å². The number of sulfonamides is 1. The van der Waals surface area contributed by atoms with Crippen molar-refractivity contribution in [3.8, 4) is 5.75 Å². The van der Waals surface area contributed by atoms with Gasteiger partial charge in [0.05, 0.1) is 10.6 Å². The lowest BCUT2D eigenvalue weighted by atomic mass is 10.3. The van der Waals surface area contributed by atoms with Crippen molar-refractivity contribution in [3.63, 3.8) is 0 Å². The molecule has 0 aliphatic rings. The van der Waals surface area contributed by atoms with E-state index in [1.165, 1.54) is 34.1 Å². The molecule has 2 rings (SSSR count). The number of aromatic nitrogens is 1. The van der Waals surface area contributed by atoms with Gasteiger partial charge in [0.25, 0.3) is 21.8 Å². The molecule has 9 nitrogen and oxygen atoms in total. The number of hydrogen-bond acceptors (Lipinski definition) is 7. The molecular formula is C17H22N4O5S2. The Hall–Kier alpha value is -2.66. The lowest BCUT2D eigenvalue weighted by Crippen LogP contribution is -2.27. The van der Waals surface area contributed by atoms with Gasteiger partial charge in [-0.25, -0.2) is 13.4 Å². The van der Waals surface area contributed by atoms with Gasteiger partial charge in [-0.2, -0.15) is 0 Å². The molecule has 1 heterocycles. The maximum atomic E-state index is 12.6. The zero-order valence-electron chi connectivity index (χ0n) is 16.2. The number of hydrogen-bond donors (Lipinski definition) is 1. The number of nitrogens with one attached hydrogen (secondary N) is 1. The number of carbonyl (C=O) groups is 2. The van der Waals surface area contributed by atoms with E-state index in [0.29, 0.717) is 16.3 Å². The maximum Gasteiger partial charge on any atom is 0.265 e. The Labute approximate surface area is 168 Å². The summed E-state index contributed by atoms with van der Waals surface area (Å²) in [7, 11) is 2.57. The van der Waals surface area contributed by atoms with Gasteiger partial charge in [-0.05, 0) is 31.2 Å². The summed E-state index contributed by atoms with van der Waals surface area (Å²) in [6.45, 7) is 1.50. The van der Waals surface area contributed by atoms with Gasteiger partial charge in [-0.1, -0.05) is 11.3 Å². The number of aryl methyl sites for hydroxylation is 1. The van der Waals surface area contributed by atoms with E-state index in [2.05, 4.69) is 9.71 Å². The number of likely N-dealkylation sites (N-methyl/N-ethyl adjacent to an activating group) is 1. The summed E-state index contributed by atoms with van der Waals surface area (Å²) in [5, 5.41) is 0.111. The molecule has 2 amide bonds.